The van der Waals surface area contributed by atoms with Crippen molar-refractivity contribution >= 4 is 11.8 Å². The van der Waals surface area contributed by atoms with Crippen molar-refractivity contribution < 1.29 is 19.1 Å². The van der Waals surface area contributed by atoms with Crippen molar-refractivity contribution in [1.82, 2.24) is 5.32 Å². The van der Waals surface area contributed by atoms with Gasteiger partial charge in [-0.15, -0.1) is 0 Å². The molecule has 0 aliphatic carbocycles. The smallest absolute Gasteiger partial charge is 0.246 e. The molecule has 0 unspecified atom stereocenters. The highest BCUT2D eigenvalue weighted by molar-refractivity contribution is 5.87. The van der Waals surface area contributed by atoms with E-state index in [0.717, 1.165) is 11.1 Å². The number of amides is 2. The highest BCUT2D eigenvalue weighted by Crippen LogP contribution is 2.09. The Labute approximate surface area is 124 Å². The van der Waals surface area contributed by atoms with Crippen molar-refractivity contribution in [1.29, 1.82) is 0 Å². The Hall–Kier alpha value is -1.92. The van der Waals surface area contributed by atoms with Gasteiger partial charge in [-0.05, 0) is 18.1 Å². The normalized spacial score (nSPS) is 11.9. The van der Waals surface area contributed by atoms with Crippen LogP contribution in [0.1, 0.15) is 11.1 Å². The van der Waals surface area contributed by atoms with Crippen molar-refractivity contribution in [2.24, 2.45) is 5.73 Å². The largest absolute Gasteiger partial charge is 0.382 e. The summed E-state index contributed by atoms with van der Waals surface area (Å²) >= 11 is 0. The highest BCUT2D eigenvalue weighted by atomic mass is 16.5. The minimum Gasteiger partial charge on any atom is -0.382 e. The predicted octanol–water partition coefficient (Wildman–Crippen LogP) is 0.171. The summed E-state index contributed by atoms with van der Waals surface area (Å²) in [6, 6.07) is 6.91. The number of rotatable bonds is 9. The SMILES string of the molecule is COCCOCC(=O)N[C@@H](Cc1ccccc1C)C(N)=O. The van der Waals surface area contributed by atoms with Gasteiger partial charge in [0.15, 0.2) is 0 Å². The van der Waals surface area contributed by atoms with E-state index in [-0.39, 0.29) is 12.5 Å². The zero-order valence-electron chi connectivity index (χ0n) is 12.4. The number of methoxy groups -OCH3 is 1. The lowest BCUT2D eigenvalue weighted by atomic mass is 10.0. The number of ether oxygens (including phenoxy) is 2. The topological polar surface area (TPSA) is 90.7 Å². The molecule has 1 atom stereocenters. The number of carbonyl (C=O) groups is 2. The minimum atomic E-state index is -0.746. The molecule has 0 bridgehead atoms. The van der Waals surface area contributed by atoms with Crippen LogP contribution in [0.25, 0.3) is 0 Å². The first-order chi connectivity index (χ1) is 10.0. The van der Waals surface area contributed by atoms with Crippen molar-refractivity contribution in [2.45, 2.75) is 19.4 Å². The van der Waals surface area contributed by atoms with Crippen LogP contribution in [0.5, 0.6) is 0 Å². The second-order valence-corrected chi connectivity index (χ2v) is 4.70. The van der Waals surface area contributed by atoms with Crippen LogP contribution in [-0.4, -0.2) is 44.8 Å². The lowest BCUT2D eigenvalue weighted by Gasteiger charge is -2.16. The maximum absolute atomic E-state index is 11.7. The molecule has 0 heterocycles. The Kier molecular flexibility index (Phi) is 7.42. The zero-order chi connectivity index (χ0) is 15.7. The molecule has 21 heavy (non-hydrogen) atoms. The van der Waals surface area contributed by atoms with E-state index in [0.29, 0.717) is 19.6 Å². The van der Waals surface area contributed by atoms with Gasteiger partial charge in [-0.25, -0.2) is 0 Å². The van der Waals surface area contributed by atoms with E-state index in [4.69, 9.17) is 15.2 Å². The molecule has 116 valence electrons. The van der Waals surface area contributed by atoms with Gasteiger partial charge in [0, 0.05) is 13.5 Å². The molecule has 0 saturated carbocycles. The molecule has 0 aliphatic heterocycles. The van der Waals surface area contributed by atoms with Crippen molar-refractivity contribution in [3.05, 3.63) is 35.4 Å². The Morgan fingerprint density at radius 1 is 1.29 bits per heavy atom. The van der Waals surface area contributed by atoms with Crippen LogP contribution in [0.3, 0.4) is 0 Å². The van der Waals surface area contributed by atoms with Crippen LogP contribution >= 0.6 is 0 Å². The minimum absolute atomic E-state index is 0.124. The molecular formula is C15H22N2O4. The Balaban J connectivity index is 2.52. The molecule has 6 nitrogen and oxygen atoms in total. The molecule has 3 N–H and O–H groups in total. The number of hydrogen-bond donors (Lipinski definition) is 2. The van der Waals surface area contributed by atoms with Gasteiger partial charge in [-0.2, -0.15) is 0 Å². The van der Waals surface area contributed by atoms with E-state index in [1.165, 1.54) is 0 Å². The van der Waals surface area contributed by atoms with E-state index in [9.17, 15) is 9.59 Å². The van der Waals surface area contributed by atoms with Gasteiger partial charge in [-0.1, -0.05) is 24.3 Å². The fraction of sp³-hybridized carbons (Fsp3) is 0.467. The first kappa shape index (κ1) is 17.1. The molecular weight excluding hydrogens is 272 g/mol. The highest BCUT2D eigenvalue weighted by Gasteiger charge is 2.19. The third-order valence-corrected chi connectivity index (χ3v) is 3.03. The zero-order valence-corrected chi connectivity index (χ0v) is 12.4. The number of hydrogen-bond acceptors (Lipinski definition) is 4. The van der Waals surface area contributed by atoms with Gasteiger partial charge in [-0.3, -0.25) is 9.59 Å². The molecule has 2 amide bonds. The summed E-state index contributed by atoms with van der Waals surface area (Å²) in [6.07, 6.45) is 0.367. The van der Waals surface area contributed by atoms with E-state index in [2.05, 4.69) is 5.32 Å². The van der Waals surface area contributed by atoms with Crippen LogP contribution in [-0.2, 0) is 25.5 Å². The number of carbonyl (C=O) groups excluding carboxylic acids is 2. The number of primary amides is 1. The molecule has 0 aromatic heterocycles. The van der Waals surface area contributed by atoms with Crippen molar-refractivity contribution in [3.8, 4) is 0 Å². The maximum Gasteiger partial charge on any atom is 0.246 e. The summed E-state index contributed by atoms with van der Waals surface area (Å²) in [5.41, 5.74) is 7.37. The summed E-state index contributed by atoms with van der Waals surface area (Å²) in [5.74, 6) is -0.938. The predicted molar refractivity (Wildman–Crippen MR) is 78.7 cm³/mol. The molecule has 1 rings (SSSR count). The Morgan fingerprint density at radius 3 is 2.62 bits per heavy atom. The molecule has 1 aromatic carbocycles. The fourth-order valence-electron chi connectivity index (χ4n) is 1.82. The van der Waals surface area contributed by atoms with Gasteiger partial charge >= 0.3 is 0 Å². The van der Waals surface area contributed by atoms with Gasteiger partial charge < -0.3 is 20.5 Å². The maximum atomic E-state index is 11.7. The first-order valence-electron chi connectivity index (χ1n) is 6.74. The van der Waals surface area contributed by atoms with E-state index in [1.54, 1.807) is 7.11 Å². The lowest BCUT2D eigenvalue weighted by Crippen LogP contribution is -2.47. The number of nitrogens with one attached hydrogen (secondary N) is 1. The van der Waals surface area contributed by atoms with Crippen LogP contribution in [0.4, 0.5) is 0 Å². The average Bonchev–Trinajstić information content (AvgIpc) is 2.45. The van der Waals surface area contributed by atoms with E-state index < -0.39 is 11.9 Å². The molecule has 0 saturated heterocycles. The first-order valence-corrected chi connectivity index (χ1v) is 6.74. The quantitative estimate of drug-likeness (QED) is 0.635. The summed E-state index contributed by atoms with van der Waals surface area (Å²) in [7, 11) is 1.55. The molecule has 0 aliphatic rings. The average molecular weight is 294 g/mol. The van der Waals surface area contributed by atoms with Crippen LogP contribution in [0.2, 0.25) is 0 Å². The van der Waals surface area contributed by atoms with Crippen molar-refractivity contribution in [2.75, 3.05) is 26.9 Å². The molecule has 0 spiro atoms. The van der Waals surface area contributed by atoms with Crippen LogP contribution < -0.4 is 11.1 Å². The summed E-state index contributed by atoms with van der Waals surface area (Å²) < 4.78 is 9.91. The molecule has 6 heteroatoms. The Bertz CT molecular complexity index is 476. The van der Waals surface area contributed by atoms with Crippen LogP contribution in [0.15, 0.2) is 24.3 Å². The lowest BCUT2D eigenvalue weighted by molar-refractivity contribution is -0.130. The number of nitrogens with two attached hydrogens (primary N) is 1. The third kappa shape index (κ3) is 6.37. The molecule has 0 radical (unpaired) electrons. The van der Waals surface area contributed by atoms with Gasteiger partial charge in [0.25, 0.3) is 0 Å². The second kappa shape index (κ2) is 9.10. The van der Waals surface area contributed by atoms with E-state index >= 15 is 0 Å². The van der Waals surface area contributed by atoms with Gasteiger partial charge in [0.2, 0.25) is 11.8 Å². The fourth-order valence-corrected chi connectivity index (χ4v) is 1.82. The monoisotopic (exact) mass is 294 g/mol. The molecule has 1 aromatic rings. The number of benzene rings is 1. The summed E-state index contributed by atoms with van der Waals surface area (Å²) in [4.78, 5) is 23.2. The Morgan fingerprint density at radius 2 is 2.00 bits per heavy atom. The van der Waals surface area contributed by atoms with Gasteiger partial charge in [0.1, 0.15) is 12.6 Å². The van der Waals surface area contributed by atoms with Gasteiger partial charge in [0.05, 0.1) is 13.2 Å². The number of aryl methyl sites for hydroxylation is 1. The summed E-state index contributed by atoms with van der Waals surface area (Å²) in [5, 5.41) is 2.59. The standard InChI is InChI=1S/C15H22N2O4/c1-11-5-3-4-6-12(11)9-13(15(16)19)17-14(18)10-21-8-7-20-2/h3-6,13H,7-10H2,1-2H3,(H2,16,19)(H,17,18)/t13-/m0/s1. The van der Waals surface area contributed by atoms with Crippen molar-refractivity contribution in [3.63, 3.8) is 0 Å². The second-order valence-electron chi connectivity index (χ2n) is 4.70. The van der Waals surface area contributed by atoms with Crippen LogP contribution in [0, 0.1) is 6.92 Å². The third-order valence-electron chi connectivity index (χ3n) is 3.03. The molecule has 0 fully saturated rings. The summed E-state index contributed by atoms with van der Waals surface area (Å²) in [6.45, 7) is 2.56. The van der Waals surface area contributed by atoms with E-state index in [1.807, 2.05) is 31.2 Å².